The molecule has 1 aliphatic carbocycles. The predicted octanol–water partition coefficient (Wildman–Crippen LogP) is 2.19. The van der Waals surface area contributed by atoms with Gasteiger partial charge in [-0.2, -0.15) is 0 Å². The molecule has 82 valence electrons. The Hall–Kier alpha value is -0.0800. The number of nitrogens with one attached hydrogen (secondary N) is 1. The van der Waals surface area contributed by atoms with Crippen LogP contribution in [0.4, 0.5) is 0 Å². The highest BCUT2D eigenvalue weighted by atomic mass is 16.5. The average molecular weight is 197 g/mol. The Kier molecular flexibility index (Phi) is 2.39. The van der Waals surface area contributed by atoms with Gasteiger partial charge in [0.15, 0.2) is 0 Å². The van der Waals surface area contributed by atoms with Crippen molar-refractivity contribution in [1.82, 2.24) is 5.32 Å². The zero-order valence-corrected chi connectivity index (χ0v) is 9.89. The lowest BCUT2D eigenvalue weighted by Gasteiger charge is -2.41. The molecule has 14 heavy (non-hydrogen) atoms. The van der Waals surface area contributed by atoms with E-state index in [1.54, 1.807) is 0 Å². The first kappa shape index (κ1) is 10.4. The van der Waals surface area contributed by atoms with Crippen LogP contribution < -0.4 is 5.32 Å². The third kappa shape index (κ3) is 1.70. The minimum Gasteiger partial charge on any atom is -0.369 e. The van der Waals surface area contributed by atoms with Crippen LogP contribution in [0.3, 0.4) is 0 Å². The molecule has 1 heterocycles. The van der Waals surface area contributed by atoms with Crippen LogP contribution in [0.1, 0.15) is 40.5 Å². The fourth-order valence-corrected chi connectivity index (χ4v) is 3.44. The first-order valence-electron chi connectivity index (χ1n) is 5.82. The molecule has 2 rings (SSSR count). The third-order valence-electron chi connectivity index (χ3n) is 3.83. The van der Waals surface area contributed by atoms with E-state index in [2.05, 4.69) is 33.0 Å². The second-order valence-electron chi connectivity index (χ2n) is 6.07. The van der Waals surface area contributed by atoms with Gasteiger partial charge in [0.2, 0.25) is 0 Å². The van der Waals surface area contributed by atoms with Crippen LogP contribution in [0.2, 0.25) is 0 Å². The van der Waals surface area contributed by atoms with Crippen LogP contribution >= 0.6 is 0 Å². The van der Waals surface area contributed by atoms with Crippen LogP contribution in [-0.2, 0) is 4.74 Å². The molecule has 2 fully saturated rings. The first-order valence-corrected chi connectivity index (χ1v) is 5.82. The fraction of sp³-hybridized carbons (Fsp3) is 1.00. The van der Waals surface area contributed by atoms with Crippen LogP contribution in [-0.4, -0.2) is 24.8 Å². The minimum atomic E-state index is 0.126. The predicted molar refractivity (Wildman–Crippen MR) is 58.3 cm³/mol. The van der Waals surface area contributed by atoms with E-state index in [9.17, 15) is 0 Å². The van der Waals surface area contributed by atoms with Crippen molar-refractivity contribution in [3.8, 4) is 0 Å². The van der Waals surface area contributed by atoms with Gasteiger partial charge in [-0.25, -0.2) is 0 Å². The zero-order chi connectivity index (χ0) is 10.4. The summed E-state index contributed by atoms with van der Waals surface area (Å²) in [4.78, 5) is 0. The number of hydrogen-bond acceptors (Lipinski definition) is 2. The van der Waals surface area contributed by atoms with Crippen LogP contribution in [0.25, 0.3) is 0 Å². The molecule has 3 atom stereocenters. The summed E-state index contributed by atoms with van der Waals surface area (Å²) in [7, 11) is 0. The summed E-state index contributed by atoms with van der Waals surface area (Å²) in [6.45, 7) is 11.3. The zero-order valence-electron chi connectivity index (χ0n) is 9.89. The van der Waals surface area contributed by atoms with Gasteiger partial charge in [0.1, 0.15) is 0 Å². The van der Waals surface area contributed by atoms with Gasteiger partial charge in [-0.05, 0) is 31.1 Å². The van der Waals surface area contributed by atoms with Crippen molar-refractivity contribution in [3.05, 3.63) is 0 Å². The van der Waals surface area contributed by atoms with E-state index in [1.807, 2.05) is 0 Å². The topological polar surface area (TPSA) is 21.3 Å². The molecule has 1 N–H and O–H groups in total. The van der Waals surface area contributed by atoms with Crippen molar-refractivity contribution < 1.29 is 4.74 Å². The largest absolute Gasteiger partial charge is 0.369 e. The second-order valence-corrected chi connectivity index (χ2v) is 6.07. The second kappa shape index (κ2) is 3.21. The number of ether oxygens (including phenoxy) is 1. The van der Waals surface area contributed by atoms with Crippen LogP contribution in [0.15, 0.2) is 0 Å². The van der Waals surface area contributed by atoms with E-state index in [0.29, 0.717) is 17.4 Å². The molecule has 0 aromatic carbocycles. The summed E-state index contributed by atoms with van der Waals surface area (Å²) in [5, 5.41) is 3.51. The molecule has 2 aliphatic rings. The molecule has 3 unspecified atom stereocenters. The maximum absolute atomic E-state index is 6.22. The van der Waals surface area contributed by atoms with Gasteiger partial charge in [-0.15, -0.1) is 0 Å². The third-order valence-corrected chi connectivity index (χ3v) is 3.83. The Morgan fingerprint density at radius 3 is 2.50 bits per heavy atom. The molecule has 1 aliphatic heterocycles. The van der Waals surface area contributed by atoms with E-state index in [1.165, 1.54) is 12.8 Å². The van der Waals surface area contributed by atoms with Gasteiger partial charge >= 0.3 is 0 Å². The SMILES string of the molecule is CC1CNCC2(CC(C)(C)CC2C)O1. The van der Waals surface area contributed by atoms with Crippen LogP contribution in [0.5, 0.6) is 0 Å². The smallest absolute Gasteiger partial charge is 0.0841 e. The molecule has 1 saturated heterocycles. The lowest BCUT2D eigenvalue weighted by molar-refractivity contribution is -0.129. The highest BCUT2D eigenvalue weighted by molar-refractivity contribution is 5.03. The maximum atomic E-state index is 6.22. The van der Waals surface area contributed by atoms with Gasteiger partial charge in [-0.1, -0.05) is 20.8 Å². The normalized spacial score (nSPS) is 47.1. The average Bonchev–Trinajstić information content (AvgIpc) is 2.20. The molecule has 0 radical (unpaired) electrons. The van der Waals surface area contributed by atoms with Crippen LogP contribution in [0, 0.1) is 11.3 Å². The van der Waals surface area contributed by atoms with Gasteiger partial charge in [0, 0.05) is 13.1 Å². The molecule has 0 amide bonds. The molecule has 1 spiro atoms. The van der Waals surface area contributed by atoms with E-state index >= 15 is 0 Å². The highest BCUT2D eigenvalue weighted by Crippen LogP contribution is 2.50. The lowest BCUT2D eigenvalue weighted by Crippen LogP contribution is -2.54. The van der Waals surface area contributed by atoms with Gasteiger partial charge in [0.05, 0.1) is 11.7 Å². The van der Waals surface area contributed by atoms with E-state index < -0.39 is 0 Å². The Morgan fingerprint density at radius 2 is 2.00 bits per heavy atom. The Bertz CT molecular complexity index is 226. The molecule has 1 saturated carbocycles. The lowest BCUT2D eigenvalue weighted by atomic mass is 9.88. The van der Waals surface area contributed by atoms with Gasteiger partial charge in [-0.3, -0.25) is 0 Å². The Labute approximate surface area is 87.4 Å². The fourth-order valence-electron chi connectivity index (χ4n) is 3.44. The Balaban J connectivity index is 2.15. The van der Waals surface area contributed by atoms with E-state index in [0.717, 1.165) is 13.1 Å². The summed E-state index contributed by atoms with van der Waals surface area (Å²) in [5.74, 6) is 0.688. The molecule has 0 bridgehead atoms. The number of rotatable bonds is 0. The molecular formula is C12H23NO. The minimum absolute atomic E-state index is 0.126. The number of morpholine rings is 1. The summed E-state index contributed by atoms with van der Waals surface area (Å²) in [5.41, 5.74) is 0.583. The summed E-state index contributed by atoms with van der Waals surface area (Å²) in [6, 6.07) is 0. The van der Waals surface area contributed by atoms with Crippen molar-refractivity contribution >= 4 is 0 Å². The van der Waals surface area contributed by atoms with Crippen molar-refractivity contribution in [2.75, 3.05) is 13.1 Å². The summed E-state index contributed by atoms with van der Waals surface area (Å²) in [6.07, 6.45) is 2.88. The van der Waals surface area contributed by atoms with Crippen molar-refractivity contribution in [2.24, 2.45) is 11.3 Å². The van der Waals surface area contributed by atoms with Crippen molar-refractivity contribution in [2.45, 2.75) is 52.2 Å². The Morgan fingerprint density at radius 1 is 1.29 bits per heavy atom. The van der Waals surface area contributed by atoms with Gasteiger partial charge in [0.25, 0.3) is 0 Å². The summed E-state index contributed by atoms with van der Waals surface area (Å²) < 4.78 is 6.22. The van der Waals surface area contributed by atoms with E-state index in [-0.39, 0.29) is 5.60 Å². The standard InChI is InChI=1S/C12H23NO/c1-9-5-11(3,4)7-12(9)8-13-6-10(2)14-12/h9-10,13H,5-8H2,1-4H3. The quantitative estimate of drug-likeness (QED) is 0.643. The molecule has 0 aromatic heterocycles. The molecule has 2 nitrogen and oxygen atoms in total. The number of hydrogen-bond donors (Lipinski definition) is 1. The first-order chi connectivity index (χ1) is 6.44. The van der Waals surface area contributed by atoms with Crippen molar-refractivity contribution in [1.29, 1.82) is 0 Å². The van der Waals surface area contributed by atoms with Gasteiger partial charge < -0.3 is 10.1 Å². The molecule has 2 heteroatoms. The van der Waals surface area contributed by atoms with Crippen molar-refractivity contribution in [3.63, 3.8) is 0 Å². The molecular weight excluding hydrogens is 174 g/mol. The molecule has 0 aromatic rings. The summed E-state index contributed by atoms with van der Waals surface area (Å²) >= 11 is 0. The highest BCUT2D eigenvalue weighted by Gasteiger charge is 2.51. The van der Waals surface area contributed by atoms with E-state index in [4.69, 9.17) is 4.74 Å². The maximum Gasteiger partial charge on any atom is 0.0841 e. The monoisotopic (exact) mass is 197 g/mol.